The lowest BCUT2D eigenvalue weighted by Gasteiger charge is -2.14. The fourth-order valence-electron chi connectivity index (χ4n) is 3.27. The van der Waals surface area contributed by atoms with E-state index in [-0.39, 0.29) is 0 Å². The van der Waals surface area contributed by atoms with Gasteiger partial charge in [-0.15, -0.1) is 0 Å². The molecule has 0 bridgehead atoms. The normalized spacial score (nSPS) is 10.6. The van der Waals surface area contributed by atoms with Crippen LogP contribution in [0.5, 0.6) is 5.75 Å². The van der Waals surface area contributed by atoms with Gasteiger partial charge < -0.3 is 4.74 Å². The first-order chi connectivity index (χ1) is 13.6. The first-order valence-corrected chi connectivity index (χ1v) is 8.89. The van der Waals surface area contributed by atoms with Gasteiger partial charge >= 0.3 is 0 Å². The van der Waals surface area contributed by atoms with E-state index in [0.717, 1.165) is 22.0 Å². The second-order valence-electron chi connectivity index (χ2n) is 6.19. The van der Waals surface area contributed by atoms with E-state index in [2.05, 4.69) is 9.83 Å². The number of aromatic nitrogens is 1. The number of hydrogen-bond donors (Lipinski definition) is 0. The molecule has 5 heteroatoms. The molecule has 136 valence electrons. The zero-order valence-electron chi connectivity index (χ0n) is 14.9. The number of nitrogens with zero attached hydrogens (tertiary/aromatic N) is 2. The molecule has 1 heterocycles. The average Bonchev–Trinajstić information content (AvgIpc) is 2.72. The lowest BCUT2D eigenvalue weighted by molar-refractivity contribution is 0.421. The van der Waals surface area contributed by atoms with Crippen molar-refractivity contribution in [2.45, 2.75) is 0 Å². The smallest absolute Gasteiger partial charge is 0.187 e. The molecule has 0 fully saturated rings. The van der Waals surface area contributed by atoms with Crippen molar-refractivity contribution in [2.75, 3.05) is 7.11 Å². The summed E-state index contributed by atoms with van der Waals surface area (Å²) in [5.41, 5.74) is 4.11. The summed E-state index contributed by atoms with van der Waals surface area (Å²) < 4.78 is 20.1. The van der Waals surface area contributed by atoms with Crippen LogP contribution in [0.15, 0.2) is 66.9 Å². The van der Waals surface area contributed by atoms with E-state index in [9.17, 15) is 4.39 Å². The van der Waals surface area contributed by atoms with E-state index in [1.165, 1.54) is 6.07 Å². The van der Waals surface area contributed by atoms with Crippen molar-refractivity contribution in [3.8, 4) is 28.0 Å². The lowest BCUT2D eigenvalue weighted by atomic mass is 9.98. The Morgan fingerprint density at radius 2 is 1.79 bits per heavy atom. The molecule has 0 atom stereocenters. The van der Waals surface area contributed by atoms with Crippen LogP contribution in [0.1, 0.15) is 0 Å². The van der Waals surface area contributed by atoms with Crippen molar-refractivity contribution in [1.29, 1.82) is 0 Å². The zero-order chi connectivity index (χ0) is 19.7. The molecule has 0 spiro atoms. The molecule has 0 unspecified atom stereocenters. The molecule has 1 aromatic heterocycles. The monoisotopic (exact) mass is 388 g/mol. The molecule has 4 aromatic rings. The molecule has 4 rings (SSSR count). The van der Waals surface area contributed by atoms with E-state index in [1.807, 2.05) is 30.3 Å². The maximum absolute atomic E-state index is 14.5. The summed E-state index contributed by atoms with van der Waals surface area (Å²) in [4.78, 5) is 8.03. The maximum atomic E-state index is 14.5. The van der Waals surface area contributed by atoms with E-state index in [1.54, 1.807) is 37.6 Å². The van der Waals surface area contributed by atoms with Gasteiger partial charge in [-0.2, -0.15) is 0 Å². The fraction of sp³-hybridized carbons (Fsp3) is 0.0435. The van der Waals surface area contributed by atoms with Crippen molar-refractivity contribution in [2.24, 2.45) is 0 Å². The third-order valence-electron chi connectivity index (χ3n) is 4.58. The van der Waals surface area contributed by atoms with Crippen LogP contribution in [0.3, 0.4) is 0 Å². The standard InChI is InChI=1S/C23H14ClFN2O/c1-26-16-9-6-14(7-10-16)17-4-3-5-19-22(17)27-13-20(23(19)28-2)18-11-8-15(24)12-21(18)25/h3-13H,2H3. The quantitative estimate of drug-likeness (QED) is 0.356. The Labute approximate surface area is 166 Å². The predicted octanol–water partition coefficient (Wildman–Crippen LogP) is 6.92. The van der Waals surface area contributed by atoms with Crippen molar-refractivity contribution in [1.82, 2.24) is 4.98 Å². The number of fused-ring (bicyclic) bond motifs is 1. The highest BCUT2D eigenvalue weighted by molar-refractivity contribution is 6.30. The molecule has 0 saturated heterocycles. The maximum Gasteiger partial charge on any atom is 0.187 e. The van der Waals surface area contributed by atoms with Gasteiger partial charge in [-0.25, -0.2) is 9.24 Å². The van der Waals surface area contributed by atoms with Crippen molar-refractivity contribution in [3.63, 3.8) is 0 Å². The Kier molecular flexibility index (Phi) is 4.68. The van der Waals surface area contributed by atoms with Gasteiger partial charge in [0.15, 0.2) is 5.69 Å². The number of para-hydroxylation sites is 1. The van der Waals surface area contributed by atoms with Gasteiger partial charge in [0.25, 0.3) is 0 Å². The fourth-order valence-corrected chi connectivity index (χ4v) is 3.43. The van der Waals surface area contributed by atoms with Crippen molar-refractivity contribution in [3.05, 3.63) is 89.1 Å². The van der Waals surface area contributed by atoms with Crippen LogP contribution in [0.4, 0.5) is 10.1 Å². The largest absolute Gasteiger partial charge is 0.495 e. The molecule has 0 aliphatic carbocycles. The van der Waals surface area contributed by atoms with Crippen molar-refractivity contribution >= 4 is 28.2 Å². The number of hydrogen-bond acceptors (Lipinski definition) is 2. The highest BCUT2D eigenvalue weighted by Gasteiger charge is 2.17. The van der Waals surface area contributed by atoms with E-state index >= 15 is 0 Å². The Hall–Kier alpha value is -3.42. The molecule has 0 radical (unpaired) electrons. The topological polar surface area (TPSA) is 26.5 Å². The highest BCUT2D eigenvalue weighted by atomic mass is 35.5. The second-order valence-corrected chi connectivity index (χ2v) is 6.63. The summed E-state index contributed by atoms with van der Waals surface area (Å²) >= 11 is 5.88. The Bertz CT molecular complexity index is 1230. The van der Waals surface area contributed by atoms with Gasteiger partial charge in [0, 0.05) is 33.3 Å². The number of methoxy groups -OCH3 is 1. The SMILES string of the molecule is [C-]#[N+]c1ccc(-c2cccc3c(OC)c(-c4ccc(Cl)cc4F)cnc23)cc1. The van der Waals surface area contributed by atoms with Crippen LogP contribution >= 0.6 is 11.6 Å². The predicted molar refractivity (Wildman–Crippen MR) is 110 cm³/mol. The van der Waals surface area contributed by atoms with Crippen LogP contribution in [-0.4, -0.2) is 12.1 Å². The van der Waals surface area contributed by atoms with Gasteiger partial charge in [-0.3, -0.25) is 4.98 Å². The average molecular weight is 389 g/mol. The molecular formula is C23H14ClFN2O. The van der Waals surface area contributed by atoms with Crippen molar-refractivity contribution < 1.29 is 9.13 Å². The van der Waals surface area contributed by atoms with Crippen LogP contribution in [0.25, 0.3) is 38.0 Å². The number of halogens is 2. The summed E-state index contributed by atoms with van der Waals surface area (Å²) in [7, 11) is 1.56. The van der Waals surface area contributed by atoms with E-state index in [4.69, 9.17) is 22.9 Å². The zero-order valence-corrected chi connectivity index (χ0v) is 15.7. The molecule has 0 N–H and O–H groups in total. The summed E-state index contributed by atoms with van der Waals surface area (Å²) in [6, 6.07) is 17.6. The second kappa shape index (κ2) is 7.30. The minimum Gasteiger partial charge on any atom is -0.495 e. The number of benzene rings is 3. The van der Waals surface area contributed by atoms with E-state index < -0.39 is 5.82 Å². The summed E-state index contributed by atoms with van der Waals surface area (Å²) in [6.45, 7) is 7.10. The Morgan fingerprint density at radius 3 is 2.46 bits per heavy atom. The molecule has 3 nitrogen and oxygen atoms in total. The summed E-state index contributed by atoms with van der Waals surface area (Å²) in [5.74, 6) is 0.115. The number of rotatable bonds is 3. The lowest BCUT2D eigenvalue weighted by Crippen LogP contribution is -1.95. The molecular weight excluding hydrogens is 375 g/mol. The summed E-state index contributed by atoms with van der Waals surface area (Å²) in [6.07, 6.45) is 1.62. The Morgan fingerprint density at radius 1 is 1.00 bits per heavy atom. The molecule has 0 aliphatic heterocycles. The molecule has 28 heavy (non-hydrogen) atoms. The summed E-state index contributed by atoms with van der Waals surface area (Å²) in [5, 5.41) is 1.11. The van der Waals surface area contributed by atoms with E-state index in [0.29, 0.717) is 27.6 Å². The Balaban J connectivity index is 1.94. The molecule has 0 aliphatic rings. The van der Waals surface area contributed by atoms with Crippen LogP contribution < -0.4 is 4.74 Å². The third-order valence-corrected chi connectivity index (χ3v) is 4.82. The number of ether oxygens (including phenoxy) is 1. The highest BCUT2D eigenvalue weighted by Crippen LogP contribution is 2.40. The minimum atomic E-state index is -0.433. The van der Waals surface area contributed by atoms with Gasteiger partial charge in [-0.05, 0) is 29.8 Å². The minimum absolute atomic E-state index is 0.333. The third kappa shape index (κ3) is 3.06. The van der Waals surface area contributed by atoms with Gasteiger partial charge in [0.05, 0.1) is 19.2 Å². The molecule has 0 amide bonds. The van der Waals surface area contributed by atoms with Gasteiger partial charge in [0.1, 0.15) is 11.6 Å². The van der Waals surface area contributed by atoms with Gasteiger partial charge in [-0.1, -0.05) is 48.0 Å². The first kappa shape index (κ1) is 18.0. The molecule has 0 saturated carbocycles. The van der Waals surface area contributed by atoms with Crippen LogP contribution in [0.2, 0.25) is 5.02 Å². The van der Waals surface area contributed by atoms with Crippen LogP contribution in [-0.2, 0) is 0 Å². The number of pyridine rings is 1. The van der Waals surface area contributed by atoms with Gasteiger partial charge in [0.2, 0.25) is 0 Å². The molecule has 3 aromatic carbocycles. The first-order valence-electron chi connectivity index (χ1n) is 8.51. The van der Waals surface area contributed by atoms with Crippen LogP contribution in [0, 0.1) is 12.4 Å².